The molecule has 2 rings (SSSR count). The zero-order chi connectivity index (χ0) is 12.2. The van der Waals surface area contributed by atoms with Crippen LogP contribution in [0.15, 0.2) is 0 Å². The highest BCUT2D eigenvalue weighted by Crippen LogP contribution is 2.55. The summed E-state index contributed by atoms with van der Waals surface area (Å²) in [6.45, 7) is 8.21. The van der Waals surface area contributed by atoms with Gasteiger partial charge in [-0.2, -0.15) is 0 Å². The molecule has 1 aliphatic heterocycles. The van der Waals surface area contributed by atoms with Crippen LogP contribution in [0, 0.1) is 11.8 Å². The van der Waals surface area contributed by atoms with Gasteiger partial charge in [-0.25, -0.2) is 4.39 Å². The van der Waals surface area contributed by atoms with E-state index in [1.165, 1.54) is 0 Å². The molecule has 0 amide bonds. The summed E-state index contributed by atoms with van der Waals surface area (Å²) in [6, 6.07) is 0. The van der Waals surface area contributed by atoms with E-state index in [1.54, 1.807) is 0 Å². The second kappa shape index (κ2) is 3.42. The lowest BCUT2D eigenvalue weighted by Gasteiger charge is -2.37. The predicted molar refractivity (Wildman–Crippen MR) is 63.0 cm³/mol. The van der Waals surface area contributed by atoms with Crippen LogP contribution >= 0.6 is 0 Å². The molecule has 0 radical (unpaired) electrons. The lowest BCUT2D eigenvalue weighted by atomic mass is 9.73. The SMILES string of the molecule is CC1(C)CC(C(F)(CN)C2CC2)C(C)(C)O1. The summed E-state index contributed by atoms with van der Waals surface area (Å²) in [4.78, 5) is 0. The summed E-state index contributed by atoms with van der Waals surface area (Å²) in [7, 11) is 0. The molecule has 94 valence electrons. The Kier molecular flexibility index (Phi) is 2.63. The minimum atomic E-state index is -1.22. The molecular weight excluding hydrogens is 205 g/mol. The van der Waals surface area contributed by atoms with E-state index < -0.39 is 11.3 Å². The second-order valence-electron chi connectivity index (χ2n) is 6.63. The summed E-state index contributed by atoms with van der Waals surface area (Å²) >= 11 is 0. The van der Waals surface area contributed by atoms with Crippen LogP contribution in [0.2, 0.25) is 0 Å². The Morgan fingerprint density at radius 3 is 2.19 bits per heavy atom. The zero-order valence-electron chi connectivity index (χ0n) is 10.8. The molecule has 2 nitrogen and oxygen atoms in total. The van der Waals surface area contributed by atoms with Crippen molar-refractivity contribution in [3.05, 3.63) is 0 Å². The number of hydrogen-bond donors (Lipinski definition) is 1. The molecule has 2 N–H and O–H groups in total. The second-order valence-corrected chi connectivity index (χ2v) is 6.63. The van der Waals surface area contributed by atoms with Crippen molar-refractivity contribution in [3.63, 3.8) is 0 Å². The highest BCUT2D eigenvalue weighted by molar-refractivity contribution is 5.09. The molecule has 2 aliphatic rings. The van der Waals surface area contributed by atoms with Crippen molar-refractivity contribution in [1.29, 1.82) is 0 Å². The largest absolute Gasteiger partial charge is 0.369 e. The van der Waals surface area contributed by atoms with E-state index in [4.69, 9.17) is 10.5 Å². The van der Waals surface area contributed by atoms with E-state index in [-0.39, 0.29) is 24.0 Å². The number of halogens is 1. The minimum absolute atomic E-state index is 0.0764. The third kappa shape index (κ3) is 1.88. The molecule has 16 heavy (non-hydrogen) atoms. The maximum atomic E-state index is 15.0. The molecule has 2 fully saturated rings. The Hall–Kier alpha value is -0.150. The molecule has 0 aromatic heterocycles. The summed E-state index contributed by atoms with van der Waals surface area (Å²) < 4.78 is 21.0. The maximum Gasteiger partial charge on any atom is 0.131 e. The zero-order valence-corrected chi connectivity index (χ0v) is 10.8. The average molecular weight is 229 g/mol. The van der Waals surface area contributed by atoms with Crippen LogP contribution in [0.1, 0.15) is 47.0 Å². The topological polar surface area (TPSA) is 35.2 Å². The summed E-state index contributed by atoms with van der Waals surface area (Å²) in [6.07, 6.45) is 2.74. The van der Waals surface area contributed by atoms with Gasteiger partial charge >= 0.3 is 0 Å². The third-order valence-electron chi connectivity index (χ3n) is 4.22. The van der Waals surface area contributed by atoms with Gasteiger partial charge in [0.2, 0.25) is 0 Å². The van der Waals surface area contributed by atoms with E-state index in [0.717, 1.165) is 19.3 Å². The van der Waals surface area contributed by atoms with E-state index in [1.807, 2.05) is 27.7 Å². The Labute approximate surface area is 97.7 Å². The number of rotatable bonds is 3. The van der Waals surface area contributed by atoms with Crippen molar-refractivity contribution in [1.82, 2.24) is 0 Å². The molecule has 2 atom stereocenters. The smallest absolute Gasteiger partial charge is 0.131 e. The third-order valence-corrected chi connectivity index (χ3v) is 4.22. The van der Waals surface area contributed by atoms with Crippen molar-refractivity contribution < 1.29 is 9.13 Å². The molecule has 1 saturated heterocycles. The highest BCUT2D eigenvalue weighted by Gasteiger charge is 2.60. The van der Waals surface area contributed by atoms with E-state index in [0.29, 0.717) is 0 Å². The van der Waals surface area contributed by atoms with Crippen LogP contribution in [0.3, 0.4) is 0 Å². The first-order valence-electron chi connectivity index (χ1n) is 6.30. The minimum Gasteiger partial charge on any atom is -0.369 e. The van der Waals surface area contributed by atoms with Crippen LogP contribution in [0.5, 0.6) is 0 Å². The lowest BCUT2D eigenvalue weighted by molar-refractivity contribution is -0.0964. The van der Waals surface area contributed by atoms with Crippen molar-refractivity contribution in [2.24, 2.45) is 17.6 Å². The van der Waals surface area contributed by atoms with Crippen molar-refractivity contribution >= 4 is 0 Å². The fourth-order valence-electron chi connectivity index (χ4n) is 3.47. The van der Waals surface area contributed by atoms with Gasteiger partial charge < -0.3 is 10.5 Å². The summed E-state index contributed by atoms with van der Waals surface area (Å²) in [5, 5.41) is 0. The lowest BCUT2D eigenvalue weighted by Crippen LogP contribution is -2.49. The fourth-order valence-corrected chi connectivity index (χ4v) is 3.47. The van der Waals surface area contributed by atoms with Crippen LogP contribution < -0.4 is 5.73 Å². The monoisotopic (exact) mass is 229 g/mol. The normalized spacial score (nSPS) is 36.0. The fraction of sp³-hybridized carbons (Fsp3) is 1.00. The average Bonchev–Trinajstić information content (AvgIpc) is 2.91. The van der Waals surface area contributed by atoms with Crippen LogP contribution in [0.25, 0.3) is 0 Å². The maximum absolute atomic E-state index is 15.0. The quantitative estimate of drug-likeness (QED) is 0.807. The molecule has 1 saturated carbocycles. The van der Waals surface area contributed by atoms with Crippen molar-refractivity contribution in [2.75, 3.05) is 6.54 Å². The molecule has 0 spiro atoms. The Morgan fingerprint density at radius 1 is 1.31 bits per heavy atom. The highest BCUT2D eigenvalue weighted by atomic mass is 19.1. The number of hydrogen-bond acceptors (Lipinski definition) is 2. The predicted octanol–water partition coefficient (Wildman–Crippen LogP) is 2.66. The summed E-state index contributed by atoms with van der Waals surface area (Å²) in [5.74, 6) is 0.0896. The molecule has 3 heteroatoms. The first-order valence-corrected chi connectivity index (χ1v) is 6.30. The Bertz CT molecular complexity index is 286. The van der Waals surface area contributed by atoms with Crippen molar-refractivity contribution in [2.45, 2.75) is 63.8 Å². The van der Waals surface area contributed by atoms with Crippen LogP contribution in [-0.2, 0) is 4.74 Å². The molecule has 0 aromatic carbocycles. The van der Waals surface area contributed by atoms with Crippen LogP contribution in [-0.4, -0.2) is 23.4 Å². The van der Waals surface area contributed by atoms with E-state index >= 15 is 4.39 Å². The van der Waals surface area contributed by atoms with Gasteiger partial charge in [0.1, 0.15) is 5.67 Å². The van der Waals surface area contributed by atoms with Crippen LogP contribution in [0.4, 0.5) is 4.39 Å². The van der Waals surface area contributed by atoms with Crippen molar-refractivity contribution in [3.8, 4) is 0 Å². The molecule has 0 bridgehead atoms. The molecule has 1 aliphatic carbocycles. The van der Waals surface area contributed by atoms with Gasteiger partial charge in [0.05, 0.1) is 11.2 Å². The van der Waals surface area contributed by atoms with Gasteiger partial charge in [0.15, 0.2) is 0 Å². The van der Waals surface area contributed by atoms with Gasteiger partial charge in [-0.05, 0) is 52.9 Å². The molecule has 0 aromatic rings. The van der Waals surface area contributed by atoms with Gasteiger partial charge in [0.25, 0.3) is 0 Å². The van der Waals surface area contributed by atoms with Gasteiger partial charge in [-0.15, -0.1) is 0 Å². The molecular formula is C13H24FNO. The van der Waals surface area contributed by atoms with E-state index in [9.17, 15) is 0 Å². The first-order chi connectivity index (χ1) is 7.21. The first kappa shape index (κ1) is 12.3. The standard InChI is InChI=1S/C13H24FNO/c1-11(2)7-10(12(3,4)16-11)13(14,8-15)9-5-6-9/h9-10H,5-8,15H2,1-4H3. The van der Waals surface area contributed by atoms with Gasteiger partial charge in [0, 0.05) is 12.5 Å². The van der Waals surface area contributed by atoms with E-state index in [2.05, 4.69) is 0 Å². The van der Waals surface area contributed by atoms with Gasteiger partial charge in [-0.1, -0.05) is 0 Å². The Balaban J connectivity index is 2.25. The number of alkyl halides is 1. The Morgan fingerprint density at radius 2 is 1.88 bits per heavy atom. The molecule has 2 unspecified atom stereocenters. The summed E-state index contributed by atoms with van der Waals surface area (Å²) in [5.41, 5.74) is 3.85. The van der Waals surface area contributed by atoms with Gasteiger partial charge in [-0.3, -0.25) is 0 Å². The molecule has 1 heterocycles. The number of nitrogens with two attached hydrogens (primary N) is 1. The number of ether oxygens (including phenoxy) is 1.